The minimum absolute atomic E-state index is 0.0722. The van der Waals surface area contributed by atoms with E-state index in [0.717, 1.165) is 6.07 Å². The Morgan fingerprint density at radius 1 is 0.938 bits per heavy atom. The second kappa shape index (κ2) is 9.17. The summed E-state index contributed by atoms with van der Waals surface area (Å²) in [7, 11) is -3.69. The van der Waals surface area contributed by atoms with Crippen molar-refractivity contribution in [2.24, 2.45) is 0 Å². The van der Waals surface area contributed by atoms with Crippen LogP contribution in [0.15, 0.2) is 47.4 Å². The van der Waals surface area contributed by atoms with Crippen LogP contribution in [0.1, 0.15) is 41.5 Å². The van der Waals surface area contributed by atoms with E-state index in [1.807, 2.05) is 0 Å². The SMILES string of the molecule is CC(C)(C)NS(=O)(=O)c1ccc(C(=O)N2CCN(C(=O)c3cc(Cl)ccc3F)CC2)cc1. The highest BCUT2D eigenvalue weighted by atomic mass is 35.5. The second-order valence-electron chi connectivity index (χ2n) is 8.59. The monoisotopic (exact) mass is 481 g/mol. The first kappa shape index (κ1) is 24.2. The maximum Gasteiger partial charge on any atom is 0.257 e. The highest BCUT2D eigenvalue weighted by Crippen LogP contribution is 2.19. The Balaban J connectivity index is 1.64. The van der Waals surface area contributed by atoms with Crippen LogP contribution in [0, 0.1) is 5.82 Å². The number of piperazine rings is 1. The van der Waals surface area contributed by atoms with Gasteiger partial charge in [-0.3, -0.25) is 9.59 Å². The van der Waals surface area contributed by atoms with Crippen molar-refractivity contribution in [1.82, 2.24) is 14.5 Å². The van der Waals surface area contributed by atoms with E-state index in [1.54, 1.807) is 25.7 Å². The molecule has 1 heterocycles. The number of nitrogens with one attached hydrogen (secondary N) is 1. The average molecular weight is 482 g/mol. The molecule has 2 aromatic carbocycles. The quantitative estimate of drug-likeness (QED) is 0.726. The van der Waals surface area contributed by atoms with Crippen molar-refractivity contribution in [2.75, 3.05) is 26.2 Å². The zero-order valence-electron chi connectivity index (χ0n) is 18.1. The fraction of sp³-hybridized carbons (Fsp3) is 0.364. The summed E-state index contributed by atoms with van der Waals surface area (Å²) in [5, 5.41) is 0.270. The molecule has 1 aliphatic heterocycles. The van der Waals surface area contributed by atoms with E-state index in [9.17, 15) is 22.4 Å². The maximum absolute atomic E-state index is 14.0. The van der Waals surface area contributed by atoms with Crippen LogP contribution in [-0.2, 0) is 10.0 Å². The summed E-state index contributed by atoms with van der Waals surface area (Å²) in [4.78, 5) is 28.6. The Morgan fingerprint density at radius 3 is 2.00 bits per heavy atom. The van der Waals surface area contributed by atoms with Crippen LogP contribution in [0.4, 0.5) is 4.39 Å². The number of halogens is 2. The molecule has 0 aromatic heterocycles. The number of amides is 2. The molecule has 7 nitrogen and oxygen atoms in total. The molecule has 0 atom stereocenters. The van der Waals surface area contributed by atoms with Gasteiger partial charge in [0.1, 0.15) is 5.82 Å². The summed E-state index contributed by atoms with van der Waals surface area (Å²) < 4.78 is 41.4. The van der Waals surface area contributed by atoms with Crippen molar-refractivity contribution in [3.05, 3.63) is 64.4 Å². The number of hydrogen-bond donors (Lipinski definition) is 1. The maximum atomic E-state index is 14.0. The number of rotatable bonds is 4. The predicted octanol–water partition coefficient (Wildman–Crippen LogP) is 3.15. The first-order valence-electron chi connectivity index (χ1n) is 10.0. The molecule has 1 saturated heterocycles. The summed E-state index contributed by atoms with van der Waals surface area (Å²) in [5.41, 5.74) is -0.378. The van der Waals surface area contributed by atoms with Gasteiger partial charge >= 0.3 is 0 Å². The average Bonchev–Trinajstić information content (AvgIpc) is 2.73. The largest absolute Gasteiger partial charge is 0.335 e. The van der Waals surface area contributed by atoms with Crippen LogP contribution in [0.25, 0.3) is 0 Å². The molecule has 0 radical (unpaired) electrons. The minimum atomic E-state index is -3.69. The molecule has 172 valence electrons. The predicted molar refractivity (Wildman–Crippen MR) is 120 cm³/mol. The Kier molecular flexibility index (Phi) is 6.92. The lowest BCUT2D eigenvalue weighted by Crippen LogP contribution is -2.50. The van der Waals surface area contributed by atoms with Gasteiger partial charge < -0.3 is 9.80 Å². The lowest BCUT2D eigenvalue weighted by atomic mass is 10.1. The van der Waals surface area contributed by atoms with Gasteiger partial charge in [0.15, 0.2) is 0 Å². The molecule has 2 aromatic rings. The van der Waals surface area contributed by atoms with Gasteiger partial charge in [-0.25, -0.2) is 17.5 Å². The van der Waals surface area contributed by atoms with Gasteiger partial charge in [-0.05, 0) is 63.2 Å². The van der Waals surface area contributed by atoms with Crippen molar-refractivity contribution in [3.63, 3.8) is 0 Å². The Labute approximate surface area is 192 Å². The number of benzene rings is 2. The van der Waals surface area contributed by atoms with Crippen LogP contribution >= 0.6 is 11.6 Å². The van der Waals surface area contributed by atoms with Crippen molar-refractivity contribution in [2.45, 2.75) is 31.2 Å². The third-order valence-corrected chi connectivity index (χ3v) is 6.87. The zero-order chi connectivity index (χ0) is 23.7. The van der Waals surface area contributed by atoms with E-state index in [1.165, 1.54) is 41.3 Å². The molecule has 1 aliphatic rings. The third-order valence-electron chi connectivity index (χ3n) is 4.87. The van der Waals surface area contributed by atoms with Crippen molar-refractivity contribution >= 4 is 33.4 Å². The molecule has 0 aliphatic carbocycles. The van der Waals surface area contributed by atoms with Crippen LogP contribution in [-0.4, -0.2) is 61.7 Å². The highest BCUT2D eigenvalue weighted by molar-refractivity contribution is 7.89. The van der Waals surface area contributed by atoms with Gasteiger partial charge in [0.05, 0.1) is 10.5 Å². The summed E-state index contributed by atoms with van der Waals surface area (Å²) in [6.07, 6.45) is 0. The van der Waals surface area contributed by atoms with E-state index < -0.39 is 27.3 Å². The fourth-order valence-corrected chi connectivity index (χ4v) is 4.96. The van der Waals surface area contributed by atoms with Crippen LogP contribution in [0.3, 0.4) is 0 Å². The van der Waals surface area contributed by atoms with Crippen LogP contribution in [0.5, 0.6) is 0 Å². The van der Waals surface area contributed by atoms with Gasteiger partial charge in [-0.15, -0.1) is 0 Å². The number of hydrogen-bond acceptors (Lipinski definition) is 4. The van der Waals surface area contributed by atoms with Crippen molar-refractivity contribution in [3.8, 4) is 0 Å². The van der Waals surface area contributed by atoms with Crippen molar-refractivity contribution in [1.29, 1.82) is 0 Å². The standard InChI is InChI=1S/C22H25ClFN3O4S/c1-22(2,3)25-32(30,31)17-7-4-15(5-8-17)20(28)26-10-12-27(13-11-26)21(29)18-14-16(23)6-9-19(18)24/h4-9,14,25H,10-13H2,1-3H3. The molecular weight excluding hydrogens is 457 g/mol. The molecule has 1 fully saturated rings. The lowest BCUT2D eigenvalue weighted by Gasteiger charge is -2.35. The Morgan fingerprint density at radius 2 is 1.47 bits per heavy atom. The molecule has 0 bridgehead atoms. The summed E-state index contributed by atoms with van der Waals surface area (Å²) in [6, 6.07) is 9.54. The van der Waals surface area contributed by atoms with Gasteiger partial charge in [0.2, 0.25) is 10.0 Å². The van der Waals surface area contributed by atoms with Gasteiger partial charge in [0, 0.05) is 42.3 Å². The van der Waals surface area contributed by atoms with Gasteiger partial charge in [-0.1, -0.05) is 11.6 Å². The number of nitrogens with zero attached hydrogens (tertiary/aromatic N) is 2. The van der Waals surface area contributed by atoms with E-state index >= 15 is 0 Å². The highest BCUT2D eigenvalue weighted by Gasteiger charge is 2.28. The molecule has 10 heteroatoms. The normalized spacial score (nSPS) is 15.0. The zero-order valence-corrected chi connectivity index (χ0v) is 19.6. The van der Waals surface area contributed by atoms with E-state index in [-0.39, 0.29) is 47.6 Å². The number of carbonyl (C=O) groups is 2. The van der Waals surface area contributed by atoms with Gasteiger partial charge in [-0.2, -0.15) is 0 Å². The molecule has 32 heavy (non-hydrogen) atoms. The van der Waals surface area contributed by atoms with Crippen LogP contribution in [0.2, 0.25) is 5.02 Å². The smallest absolute Gasteiger partial charge is 0.257 e. The summed E-state index contributed by atoms with van der Waals surface area (Å²) >= 11 is 5.87. The molecule has 0 saturated carbocycles. The number of sulfonamides is 1. The topological polar surface area (TPSA) is 86.8 Å². The Bertz CT molecular complexity index is 1120. The van der Waals surface area contributed by atoms with Gasteiger partial charge in [0.25, 0.3) is 11.8 Å². The van der Waals surface area contributed by atoms with Crippen LogP contribution < -0.4 is 4.72 Å². The lowest BCUT2D eigenvalue weighted by molar-refractivity contribution is 0.0533. The summed E-state index contributed by atoms with van der Waals surface area (Å²) in [6.45, 7) is 6.28. The first-order valence-corrected chi connectivity index (χ1v) is 11.9. The van der Waals surface area contributed by atoms with E-state index in [4.69, 9.17) is 11.6 Å². The molecule has 2 amide bonds. The Hall–Kier alpha value is -2.49. The molecule has 0 spiro atoms. The molecule has 3 rings (SSSR count). The third kappa shape index (κ3) is 5.65. The molecular formula is C22H25ClFN3O4S. The van der Waals surface area contributed by atoms with Crippen molar-refractivity contribution < 1.29 is 22.4 Å². The fourth-order valence-electron chi connectivity index (χ4n) is 3.37. The molecule has 1 N–H and O–H groups in total. The molecule has 0 unspecified atom stereocenters. The number of carbonyl (C=O) groups excluding carboxylic acids is 2. The minimum Gasteiger partial charge on any atom is -0.335 e. The second-order valence-corrected chi connectivity index (χ2v) is 10.7. The van der Waals surface area contributed by atoms with E-state index in [0.29, 0.717) is 5.56 Å². The van der Waals surface area contributed by atoms with E-state index in [2.05, 4.69) is 4.72 Å². The first-order chi connectivity index (χ1) is 14.9. The summed E-state index contributed by atoms with van der Waals surface area (Å²) in [5.74, 6) is -1.38.